The quantitative estimate of drug-likeness (QED) is 0.422. The Hall–Kier alpha value is -2.41. The molecule has 1 amide bonds. The Morgan fingerprint density at radius 3 is 2.47 bits per heavy atom. The van der Waals surface area contributed by atoms with Crippen molar-refractivity contribution in [1.29, 1.82) is 0 Å². The van der Waals surface area contributed by atoms with E-state index in [1.165, 1.54) is 10.4 Å². The lowest BCUT2D eigenvalue weighted by molar-refractivity contribution is -0.137. The molecule has 2 aliphatic heterocycles. The van der Waals surface area contributed by atoms with Crippen LogP contribution in [-0.2, 0) is 27.5 Å². The van der Waals surface area contributed by atoms with E-state index in [2.05, 4.69) is 23.6 Å². The van der Waals surface area contributed by atoms with Crippen LogP contribution in [0.1, 0.15) is 69.7 Å². The van der Waals surface area contributed by atoms with E-state index in [4.69, 9.17) is 0 Å². The molecule has 0 bridgehead atoms. The number of rotatable bonds is 8. The minimum absolute atomic E-state index is 0.0321. The van der Waals surface area contributed by atoms with Crippen LogP contribution in [0.3, 0.4) is 0 Å². The molecule has 1 saturated heterocycles. The number of amides is 1. The molecule has 0 N–H and O–H groups in total. The fourth-order valence-electron chi connectivity index (χ4n) is 7.07. The minimum atomic E-state index is -4.65. The molecule has 2 aromatic rings. The van der Waals surface area contributed by atoms with Crippen molar-refractivity contribution in [3.63, 3.8) is 0 Å². The van der Waals surface area contributed by atoms with Gasteiger partial charge in [-0.1, -0.05) is 6.07 Å². The van der Waals surface area contributed by atoms with Gasteiger partial charge in [-0.15, -0.1) is 0 Å². The summed E-state index contributed by atoms with van der Waals surface area (Å²) in [4.78, 5) is 20.1. The molecule has 1 aromatic carbocycles. The first-order valence-corrected chi connectivity index (χ1v) is 16.9. The summed E-state index contributed by atoms with van der Waals surface area (Å²) in [6, 6.07) is 8.04. The summed E-state index contributed by atoms with van der Waals surface area (Å²) in [5.74, 6) is -0.0321. The molecule has 0 spiro atoms. The second kappa shape index (κ2) is 12.9. The molecular weight excluding hydrogens is 579 g/mol. The van der Waals surface area contributed by atoms with Crippen molar-refractivity contribution in [3.05, 3.63) is 53.9 Å². The van der Waals surface area contributed by atoms with Gasteiger partial charge in [0.15, 0.2) is 0 Å². The highest BCUT2D eigenvalue weighted by Gasteiger charge is 2.39. The van der Waals surface area contributed by atoms with Crippen molar-refractivity contribution >= 4 is 15.9 Å². The van der Waals surface area contributed by atoms with Gasteiger partial charge < -0.3 is 9.47 Å². The van der Waals surface area contributed by atoms with Crippen LogP contribution >= 0.6 is 0 Å². The van der Waals surface area contributed by atoms with Gasteiger partial charge in [0.1, 0.15) is 0 Å². The first-order chi connectivity index (χ1) is 20.4. The van der Waals surface area contributed by atoms with E-state index in [-0.39, 0.29) is 31.3 Å². The Morgan fingerprint density at radius 2 is 1.77 bits per heavy atom. The molecule has 238 valence electrons. The number of carbonyl (C=O) groups is 1. The normalized spacial score (nSPS) is 24.7. The van der Waals surface area contributed by atoms with Gasteiger partial charge in [-0.05, 0) is 76.3 Å². The Kier molecular flexibility index (Phi) is 9.60. The molecular formula is C31H44F3N5O3S. The van der Waals surface area contributed by atoms with Crippen molar-refractivity contribution in [2.45, 2.75) is 94.2 Å². The second-order valence-corrected chi connectivity index (χ2v) is 14.4. The number of carbonyl (C=O) groups excluding carboxylic acids is 1. The van der Waals surface area contributed by atoms with E-state index >= 15 is 0 Å². The first-order valence-electron chi connectivity index (χ1n) is 15.4. The summed E-state index contributed by atoms with van der Waals surface area (Å²) in [5.41, 5.74) is -0.259. The number of fused-ring (bicyclic) bond motifs is 1. The van der Waals surface area contributed by atoms with Gasteiger partial charge in [-0.25, -0.2) is 8.42 Å². The fourth-order valence-corrected chi connectivity index (χ4v) is 8.74. The molecule has 1 unspecified atom stereocenters. The maximum atomic E-state index is 13.7. The fraction of sp³-hybridized carbons (Fsp3) is 0.645. The van der Waals surface area contributed by atoms with E-state index in [1.807, 2.05) is 34.8 Å². The molecule has 0 radical (unpaired) electrons. The predicted molar refractivity (Wildman–Crippen MR) is 159 cm³/mol. The van der Waals surface area contributed by atoms with Crippen molar-refractivity contribution in [3.8, 4) is 0 Å². The van der Waals surface area contributed by atoms with E-state index in [1.54, 1.807) is 0 Å². The number of alkyl halides is 3. The number of piperazine rings is 1. The van der Waals surface area contributed by atoms with Crippen LogP contribution in [0.2, 0.25) is 0 Å². The van der Waals surface area contributed by atoms with Crippen LogP contribution in [0.5, 0.6) is 0 Å². The standard InChI is InChI=1S/C31H44F3N5O3S/c1-23(2)36-15-17-37(18-16-36)26-9-5-8-25(22-26)35(3)30(40)13-12-29-28-11-6-14-38(28)19-20-39(29)43(41,42)27-10-4-7-24(21-27)31(32,33)34/h4,6-7,10-11,14,21,23,25-26,29H,5,8-9,12-13,15-20,22H2,1-3H3/t25-,26+,29?/m0/s1. The highest BCUT2D eigenvalue weighted by atomic mass is 32.2. The van der Waals surface area contributed by atoms with E-state index in [0.29, 0.717) is 24.7 Å². The number of aromatic nitrogens is 1. The Morgan fingerprint density at radius 1 is 1.02 bits per heavy atom. The Balaban J connectivity index is 1.26. The largest absolute Gasteiger partial charge is 0.416 e. The zero-order valence-electron chi connectivity index (χ0n) is 25.3. The van der Waals surface area contributed by atoms with Crippen LogP contribution in [0.15, 0.2) is 47.5 Å². The van der Waals surface area contributed by atoms with Crippen molar-refractivity contribution in [2.24, 2.45) is 0 Å². The third-order valence-corrected chi connectivity index (χ3v) is 11.6. The average molecular weight is 624 g/mol. The van der Waals surface area contributed by atoms with Gasteiger partial charge in [0.05, 0.1) is 16.5 Å². The van der Waals surface area contributed by atoms with Crippen molar-refractivity contribution in [2.75, 3.05) is 39.8 Å². The van der Waals surface area contributed by atoms with Crippen LogP contribution in [0.25, 0.3) is 0 Å². The summed E-state index contributed by atoms with van der Waals surface area (Å²) in [7, 11) is -2.39. The smallest absolute Gasteiger partial charge is 0.349 e. The van der Waals surface area contributed by atoms with Crippen LogP contribution in [-0.4, -0.2) is 95.8 Å². The van der Waals surface area contributed by atoms with Gasteiger partial charge in [-0.3, -0.25) is 14.6 Å². The maximum absolute atomic E-state index is 13.7. The van der Waals surface area contributed by atoms with Gasteiger partial charge in [0, 0.05) is 82.8 Å². The molecule has 1 saturated carbocycles. The predicted octanol–water partition coefficient (Wildman–Crippen LogP) is 4.83. The number of sulfonamides is 1. The van der Waals surface area contributed by atoms with Crippen molar-refractivity contribution < 1.29 is 26.4 Å². The maximum Gasteiger partial charge on any atom is 0.416 e. The zero-order valence-corrected chi connectivity index (χ0v) is 26.2. The zero-order chi connectivity index (χ0) is 30.9. The van der Waals surface area contributed by atoms with E-state index < -0.39 is 32.7 Å². The first kappa shape index (κ1) is 32.0. The van der Waals surface area contributed by atoms with Gasteiger partial charge in [0.25, 0.3) is 0 Å². The summed E-state index contributed by atoms with van der Waals surface area (Å²) in [6.45, 7) is 9.20. The second-order valence-electron chi connectivity index (χ2n) is 12.5. The summed E-state index contributed by atoms with van der Waals surface area (Å²) < 4.78 is 70.8. The van der Waals surface area contributed by atoms with Gasteiger partial charge >= 0.3 is 6.18 Å². The third kappa shape index (κ3) is 6.97. The van der Waals surface area contributed by atoms with E-state index in [9.17, 15) is 26.4 Å². The van der Waals surface area contributed by atoms with Crippen molar-refractivity contribution in [1.82, 2.24) is 23.6 Å². The number of halogens is 3. The molecule has 3 aliphatic rings. The molecule has 1 aliphatic carbocycles. The number of nitrogens with zero attached hydrogens (tertiary/aromatic N) is 5. The lowest BCUT2D eigenvalue weighted by Crippen LogP contribution is -2.54. The third-order valence-electron chi connectivity index (χ3n) is 9.67. The molecule has 2 fully saturated rings. The van der Waals surface area contributed by atoms with Gasteiger partial charge in [-0.2, -0.15) is 17.5 Å². The Bertz CT molecular complexity index is 1370. The lowest BCUT2D eigenvalue weighted by Gasteiger charge is -2.45. The highest BCUT2D eigenvalue weighted by molar-refractivity contribution is 7.89. The number of hydrogen-bond acceptors (Lipinski definition) is 5. The molecule has 12 heteroatoms. The van der Waals surface area contributed by atoms with Crippen LogP contribution in [0.4, 0.5) is 13.2 Å². The van der Waals surface area contributed by atoms with Crippen LogP contribution in [0, 0.1) is 0 Å². The summed E-state index contributed by atoms with van der Waals surface area (Å²) in [5, 5.41) is 0. The molecule has 8 nitrogen and oxygen atoms in total. The monoisotopic (exact) mass is 623 g/mol. The number of hydrogen-bond donors (Lipinski definition) is 0. The molecule has 3 heterocycles. The Labute approximate surface area is 253 Å². The summed E-state index contributed by atoms with van der Waals surface area (Å²) >= 11 is 0. The number of benzene rings is 1. The minimum Gasteiger partial charge on any atom is -0.349 e. The average Bonchev–Trinajstić information content (AvgIpc) is 3.48. The van der Waals surface area contributed by atoms with Crippen LogP contribution < -0.4 is 0 Å². The van der Waals surface area contributed by atoms with Gasteiger partial charge in [0.2, 0.25) is 15.9 Å². The molecule has 1 aromatic heterocycles. The molecule has 3 atom stereocenters. The SMILES string of the molecule is CC(C)N1CCN([C@@H]2CCC[C@H](N(C)C(=O)CCC3c4cccn4CCN3S(=O)(=O)c3cccc(C(F)(F)F)c3)C2)CC1. The highest BCUT2D eigenvalue weighted by Crippen LogP contribution is 2.37. The molecule has 43 heavy (non-hydrogen) atoms. The lowest BCUT2D eigenvalue weighted by atomic mass is 9.88. The molecule has 5 rings (SSSR count). The topological polar surface area (TPSA) is 69.1 Å². The summed E-state index contributed by atoms with van der Waals surface area (Å²) in [6.07, 6.45) is 1.71. The van der Waals surface area contributed by atoms with E-state index in [0.717, 1.165) is 69.7 Å².